The molecule has 63 heavy (non-hydrogen) atoms. The lowest BCUT2D eigenvalue weighted by atomic mass is 9.90. The van der Waals surface area contributed by atoms with Gasteiger partial charge in [0.05, 0.1) is 90.7 Å². The Morgan fingerprint density at radius 3 is 2.03 bits per heavy atom. The number of esters is 1. The third kappa shape index (κ3) is 28.0. The van der Waals surface area contributed by atoms with Crippen LogP contribution in [-0.4, -0.2) is 135 Å². The summed E-state index contributed by atoms with van der Waals surface area (Å²) in [6, 6.07) is 5.20. The molecule has 0 unspecified atom stereocenters. The normalized spacial score (nSPS) is 12.5. The molecule has 0 aliphatic heterocycles. The lowest BCUT2D eigenvalue weighted by Crippen LogP contribution is -2.45. The van der Waals surface area contributed by atoms with Crippen LogP contribution in [0.3, 0.4) is 0 Å². The number of benzene rings is 1. The van der Waals surface area contributed by atoms with Gasteiger partial charge >= 0.3 is 12.0 Å². The van der Waals surface area contributed by atoms with Crippen LogP contribution in [0.1, 0.15) is 84.4 Å². The number of ketones is 1. The first-order chi connectivity index (χ1) is 30.1. The average molecular weight is 893 g/mol. The van der Waals surface area contributed by atoms with E-state index in [-0.39, 0.29) is 56.1 Å². The summed E-state index contributed by atoms with van der Waals surface area (Å²) in [7, 11) is 0. The minimum atomic E-state index is -0.850. The maximum atomic E-state index is 13.4. The molecule has 0 aliphatic rings. The van der Waals surface area contributed by atoms with Crippen LogP contribution >= 0.6 is 0 Å². The van der Waals surface area contributed by atoms with Crippen molar-refractivity contribution in [2.45, 2.75) is 98.8 Å². The van der Waals surface area contributed by atoms with E-state index in [1.54, 1.807) is 40.6 Å². The number of hydrogen-bond acceptors (Lipinski definition) is 15. The fourth-order valence-electron chi connectivity index (χ4n) is 5.81. The van der Waals surface area contributed by atoms with Crippen molar-refractivity contribution in [2.75, 3.05) is 84.5 Å². The monoisotopic (exact) mass is 893 g/mol. The largest absolute Gasteiger partial charge is 0.461 e. The molecule has 356 valence electrons. The number of rotatable bonds is 36. The molecule has 20 heteroatoms. The van der Waals surface area contributed by atoms with Crippen LogP contribution in [0.15, 0.2) is 30.5 Å². The highest BCUT2D eigenvalue weighted by Gasteiger charge is 2.28. The van der Waals surface area contributed by atoms with Crippen molar-refractivity contribution in [3.05, 3.63) is 41.7 Å². The van der Waals surface area contributed by atoms with Gasteiger partial charge in [-0.1, -0.05) is 52.0 Å². The number of amides is 4. The maximum Gasteiger partial charge on any atom is 0.312 e. The first-order valence-corrected chi connectivity index (χ1v) is 21.7. The molecule has 1 aromatic carbocycles. The van der Waals surface area contributed by atoms with Gasteiger partial charge in [-0.2, -0.15) is 5.48 Å². The number of primary amides is 1. The standard InChI is InChI=1S/C43H72N8O12/c1-32(2)27-37(48-39(53)29-46-57)38(52)28-34(7-6-15-45-42(44)56)41(55)47-35-10-8-33(9-11-35)31-63-40(54)13-12-36-30-51(50-49-36)16-18-59-20-22-61-24-26-62-25-23-60-21-19-58-17-14-43(3,4)5/h8-11,30,32,34,37,46,57H,6-7,12-29,31H2,1-5H3,(H,47,55)(H,48,53)(H3,44,45,56)/t34-,37+/m1/s1. The third-order valence-corrected chi connectivity index (χ3v) is 9.26. The highest BCUT2D eigenvalue weighted by atomic mass is 16.6. The highest BCUT2D eigenvalue weighted by molar-refractivity contribution is 5.97. The first-order valence-electron chi connectivity index (χ1n) is 21.7. The molecule has 0 fully saturated rings. The van der Waals surface area contributed by atoms with Crippen LogP contribution in [0, 0.1) is 17.3 Å². The molecule has 7 N–H and O–H groups in total. The van der Waals surface area contributed by atoms with Crippen molar-refractivity contribution in [3.63, 3.8) is 0 Å². The Morgan fingerprint density at radius 1 is 0.857 bits per heavy atom. The van der Waals surface area contributed by atoms with Gasteiger partial charge in [0.2, 0.25) is 11.8 Å². The summed E-state index contributed by atoms with van der Waals surface area (Å²) in [4.78, 5) is 62.5. The number of nitrogens with zero attached hydrogens (tertiary/aromatic N) is 3. The average Bonchev–Trinajstić information content (AvgIpc) is 3.68. The summed E-state index contributed by atoms with van der Waals surface area (Å²) in [6.07, 6.45) is 4.07. The summed E-state index contributed by atoms with van der Waals surface area (Å²) in [5.41, 5.74) is 9.02. The Balaban J connectivity index is 1.65. The topological polar surface area (TPSA) is 266 Å². The maximum absolute atomic E-state index is 13.4. The number of hydrogen-bond donors (Lipinski definition) is 6. The quantitative estimate of drug-likeness (QED) is 0.0326. The lowest BCUT2D eigenvalue weighted by Gasteiger charge is -2.23. The number of nitrogens with one attached hydrogen (secondary N) is 4. The molecule has 2 rings (SSSR count). The van der Waals surface area contributed by atoms with Crippen LogP contribution in [-0.2, 0) is 67.2 Å². The summed E-state index contributed by atoms with van der Waals surface area (Å²) in [5.74, 6) is -2.42. The van der Waals surface area contributed by atoms with Crippen molar-refractivity contribution in [2.24, 2.45) is 23.0 Å². The zero-order valence-electron chi connectivity index (χ0n) is 37.8. The summed E-state index contributed by atoms with van der Waals surface area (Å²) in [6.45, 7) is 15.8. The molecule has 20 nitrogen and oxygen atoms in total. The van der Waals surface area contributed by atoms with Gasteiger partial charge in [-0.3, -0.25) is 19.2 Å². The van der Waals surface area contributed by atoms with Gasteiger partial charge in [0.25, 0.3) is 0 Å². The number of aromatic nitrogens is 3. The number of hydroxylamine groups is 1. The number of carbonyl (C=O) groups excluding carboxylic acids is 5. The van der Waals surface area contributed by atoms with E-state index < -0.39 is 35.8 Å². The van der Waals surface area contributed by atoms with Crippen molar-refractivity contribution in [1.29, 1.82) is 0 Å². The fraction of sp³-hybridized carbons (Fsp3) is 0.698. The number of carbonyl (C=O) groups is 5. The Bertz CT molecular complexity index is 1600. The number of nitrogens with two attached hydrogens (primary N) is 1. The van der Waals surface area contributed by atoms with Crippen molar-refractivity contribution in [3.8, 4) is 0 Å². The van der Waals surface area contributed by atoms with E-state index in [1.165, 1.54) is 0 Å². The van der Waals surface area contributed by atoms with Crippen LogP contribution in [0.5, 0.6) is 0 Å². The molecule has 0 radical (unpaired) electrons. The Labute approximate surface area is 371 Å². The molecule has 0 saturated heterocycles. The highest BCUT2D eigenvalue weighted by Crippen LogP contribution is 2.20. The zero-order chi connectivity index (χ0) is 46.3. The molecule has 2 atom stereocenters. The van der Waals surface area contributed by atoms with Crippen LogP contribution in [0.2, 0.25) is 0 Å². The molecule has 1 heterocycles. The second kappa shape index (κ2) is 32.1. The predicted octanol–water partition coefficient (Wildman–Crippen LogP) is 2.95. The van der Waals surface area contributed by atoms with Gasteiger partial charge in [0.1, 0.15) is 6.61 Å². The lowest BCUT2D eigenvalue weighted by molar-refractivity contribution is -0.145. The zero-order valence-corrected chi connectivity index (χ0v) is 37.8. The van der Waals surface area contributed by atoms with Gasteiger partial charge in [0, 0.05) is 43.8 Å². The van der Waals surface area contributed by atoms with E-state index in [4.69, 9.17) is 39.4 Å². The van der Waals surface area contributed by atoms with Gasteiger partial charge < -0.3 is 55.3 Å². The van der Waals surface area contributed by atoms with Crippen LogP contribution < -0.4 is 27.2 Å². The predicted molar refractivity (Wildman–Crippen MR) is 232 cm³/mol. The Morgan fingerprint density at radius 2 is 1.46 bits per heavy atom. The number of anilines is 1. The van der Waals surface area contributed by atoms with Crippen molar-refractivity contribution in [1.82, 2.24) is 31.1 Å². The SMILES string of the molecule is CC(C)C[C@H](NC(=O)CNO)C(=O)C[C@@H](CCCNC(N)=O)C(=O)Nc1ccc(COC(=O)CCc2cn(CCOCCOCCOCCOCCOCCC(C)(C)C)nn2)cc1. The number of Topliss-reactive ketones (excluding diaryl/α,β-unsaturated/α-hetero) is 1. The molecule has 0 aliphatic carbocycles. The van der Waals surface area contributed by atoms with Crippen LogP contribution in [0.4, 0.5) is 10.5 Å². The number of urea groups is 1. The molecule has 0 spiro atoms. The van der Waals surface area contributed by atoms with Crippen LogP contribution in [0.25, 0.3) is 0 Å². The van der Waals surface area contributed by atoms with E-state index in [0.717, 1.165) is 13.0 Å². The Hall–Kier alpha value is -4.57. The van der Waals surface area contributed by atoms with Gasteiger partial charge in [-0.05, 0) is 54.7 Å². The summed E-state index contributed by atoms with van der Waals surface area (Å²) in [5, 5.41) is 25.0. The summed E-state index contributed by atoms with van der Waals surface area (Å²) >= 11 is 0. The number of aryl methyl sites for hydroxylation is 1. The second-order valence-electron chi connectivity index (χ2n) is 16.6. The van der Waals surface area contributed by atoms with Gasteiger partial charge in [-0.15, -0.1) is 5.10 Å². The minimum absolute atomic E-state index is 0.0238. The molecular formula is C43H72N8O12. The third-order valence-electron chi connectivity index (χ3n) is 9.26. The molecule has 0 bridgehead atoms. The van der Waals surface area contributed by atoms with Gasteiger partial charge in [-0.25, -0.2) is 9.48 Å². The second-order valence-corrected chi connectivity index (χ2v) is 16.6. The van der Waals surface area contributed by atoms with E-state index in [2.05, 4.69) is 47.0 Å². The number of ether oxygens (including phenoxy) is 6. The smallest absolute Gasteiger partial charge is 0.312 e. The molecule has 4 amide bonds. The molecular weight excluding hydrogens is 821 g/mol. The van der Waals surface area contributed by atoms with E-state index in [1.807, 2.05) is 13.8 Å². The fourth-order valence-corrected chi connectivity index (χ4v) is 5.81. The van der Waals surface area contributed by atoms with E-state index in [9.17, 15) is 24.0 Å². The van der Waals surface area contributed by atoms with Gasteiger partial charge in [0.15, 0.2) is 5.78 Å². The van der Waals surface area contributed by atoms with E-state index >= 15 is 0 Å². The molecule has 1 aromatic heterocycles. The van der Waals surface area contributed by atoms with E-state index in [0.29, 0.717) is 102 Å². The van der Waals surface area contributed by atoms with Crippen molar-refractivity contribution >= 4 is 35.3 Å². The Kier molecular flexibility index (Phi) is 27.8. The van der Waals surface area contributed by atoms with Crippen molar-refractivity contribution < 1.29 is 57.6 Å². The minimum Gasteiger partial charge on any atom is -0.461 e. The summed E-state index contributed by atoms with van der Waals surface area (Å²) < 4.78 is 34.8. The first kappa shape index (κ1) is 54.6. The molecule has 0 saturated carbocycles. The molecule has 2 aromatic rings.